The average Bonchev–Trinajstić information content (AvgIpc) is 3.21. The summed E-state index contributed by atoms with van der Waals surface area (Å²) in [5.41, 5.74) is 2.67. The Bertz CT molecular complexity index is 1650. The first kappa shape index (κ1) is 54.0. The lowest BCUT2D eigenvalue weighted by molar-refractivity contribution is -0.126. The zero-order valence-electron chi connectivity index (χ0n) is 42.3. The largest absolute Gasteiger partial charge is 0.497 e. The fraction of sp³-hybridized carbons (Fsp3) is 0.642. The van der Waals surface area contributed by atoms with Crippen LogP contribution in [0.1, 0.15) is 143 Å². The SMILES string of the molecule is COc1ccc(CO[C@@H](C[C@@H](C[C@H](CCO[Si](c2ccccc2)(c2ccccc2)C(C)(C)C)O[Si](C(C)C)(C(C)C)C(C)C)O[Si](C(C)C)(C(C)C)C(C)C)C(C)(C)C=O)cc1. The maximum atomic E-state index is 13.0. The van der Waals surface area contributed by atoms with Gasteiger partial charge in [0.1, 0.15) is 12.0 Å². The quantitative estimate of drug-likeness (QED) is 0.0591. The predicted octanol–water partition coefficient (Wildman–Crippen LogP) is 13.7. The molecule has 0 fully saturated rings. The van der Waals surface area contributed by atoms with Crippen LogP contribution in [-0.4, -0.2) is 63.3 Å². The highest BCUT2D eigenvalue weighted by Crippen LogP contribution is 2.47. The van der Waals surface area contributed by atoms with Crippen LogP contribution in [0, 0.1) is 5.41 Å². The molecule has 3 aromatic carbocycles. The molecule has 9 heteroatoms. The van der Waals surface area contributed by atoms with Crippen molar-refractivity contribution >= 4 is 41.6 Å². The van der Waals surface area contributed by atoms with Gasteiger partial charge in [0.2, 0.25) is 16.6 Å². The second-order valence-corrected chi connectivity index (χ2v) is 36.6. The first-order valence-corrected chi connectivity index (χ1v) is 30.0. The zero-order chi connectivity index (χ0) is 46.7. The smallest absolute Gasteiger partial charge is 0.261 e. The summed E-state index contributed by atoms with van der Waals surface area (Å²) in [6, 6.07) is 29.9. The van der Waals surface area contributed by atoms with Crippen molar-refractivity contribution in [3.8, 4) is 5.75 Å². The van der Waals surface area contributed by atoms with Gasteiger partial charge in [0.15, 0.2) is 0 Å². The van der Waals surface area contributed by atoms with E-state index in [9.17, 15) is 4.79 Å². The number of hydrogen-bond donors (Lipinski definition) is 0. The molecule has 0 spiro atoms. The highest BCUT2D eigenvalue weighted by atomic mass is 28.4. The third kappa shape index (κ3) is 12.5. The highest BCUT2D eigenvalue weighted by Gasteiger charge is 2.52. The molecular formula is C53H88O6Si3. The van der Waals surface area contributed by atoms with E-state index in [1.807, 2.05) is 38.1 Å². The third-order valence-corrected chi connectivity index (χ3v) is 31.4. The number of hydrogen-bond acceptors (Lipinski definition) is 6. The van der Waals surface area contributed by atoms with Gasteiger partial charge in [-0.05, 0) is 85.6 Å². The number of benzene rings is 3. The standard InChI is InChI=1S/C53H88O6Si3/c1-39(2)60(40(3)4,41(5)6)58-47(33-34-57-62(52(13,14)15,49-25-21-19-22-26-49)50-27-23-20-24-28-50)35-48(59-61(42(7)8,43(9)10)44(11)12)36-51(53(16,17)38-54)56-37-45-29-31-46(55-18)32-30-45/h19-32,38-44,47-48,51H,33-37H2,1-18H3/t47-,48+,51-/m0/s1. The Morgan fingerprint density at radius 2 is 0.984 bits per heavy atom. The fourth-order valence-electron chi connectivity index (χ4n) is 11.0. The minimum atomic E-state index is -2.80. The van der Waals surface area contributed by atoms with Gasteiger partial charge in [-0.15, -0.1) is 0 Å². The predicted molar refractivity (Wildman–Crippen MR) is 271 cm³/mol. The van der Waals surface area contributed by atoms with E-state index in [1.54, 1.807) is 7.11 Å². The molecule has 0 unspecified atom stereocenters. The van der Waals surface area contributed by atoms with Gasteiger partial charge in [-0.3, -0.25) is 0 Å². The number of aldehydes is 1. The number of rotatable bonds is 26. The van der Waals surface area contributed by atoms with Crippen LogP contribution in [-0.2, 0) is 29.4 Å². The van der Waals surface area contributed by atoms with Crippen LogP contribution < -0.4 is 15.1 Å². The molecule has 3 rings (SSSR count). The first-order chi connectivity index (χ1) is 29.0. The molecule has 0 N–H and O–H groups in total. The Morgan fingerprint density at radius 1 is 0.565 bits per heavy atom. The van der Waals surface area contributed by atoms with E-state index in [4.69, 9.17) is 22.8 Å². The topological polar surface area (TPSA) is 63.2 Å². The van der Waals surface area contributed by atoms with Crippen molar-refractivity contribution in [3.05, 3.63) is 90.5 Å². The maximum Gasteiger partial charge on any atom is 0.261 e. The van der Waals surface area contributed by atoms with Crippen molar-refractivity contribution in [2.24, 2.45) is 5.41 Å². The lowest BCUT2D eigenvalue weighted by Crippen LogP contribution is -2.66. The van der Waals surface area contributed by atoms with Gasteiger partial charge in [0, 0.05) is 18.1 Å². The Morgan fingerprint density at radius 3 is 1.35 bits per heavy atom. The van der Waals surface area contributed by atoms with Crippen molar-refractivity contribution in [2.75, 3.05) is 13.7 Å². The molecule has 62 heavy (non-hydrogen) atoms. The average molecular weight is 906 g/mol. The number of carbonyl (C=O) groups is 1. The number of methoxy groups -OCH3 is 1. The second-order valence-electron chi connectivity index (χ2n) is 21.5. The Hall–Kier alpha value is -2.38. The zero-order valence-corrected chi connectivity index (χ0v) is 45.3. The van der Waals surface area contributed by atoms with Gasteiger partial charge < -0.3 is 27.5 Å². The molecule has 0 heterocycles. The van der Waals surface area contributed by atoms with Gasteiger partial charge in [0.05, 0.1) is 25.9 Å². The molecule has 348 valence electrons. The van der Waals surface area contributed by atoms with Gasteiger partial charge in [0.25, 0.3) is 8.32 Å². The molecule has 3 atom stereocenters. The van der Waals surface area contributed by atoms with Gasteiger partial charge in [-0.25, -0.2) is 0 Å². The van der Waals surface area contributed by atoms with E-state index in [-0.39, 0.29) is 23.4 Å². The number of carbonyl (C=O) groups excluding carboxylic acids is 1. The van der Waals surface area contributed by atoms with Gasteiger partial charge in [-0.2, -0.15) is 0 Å². The minimum absolute atomic E-state index is 0.128. The van der Waals surface area contributed by atoms with Crippen LogP contribution in [0.2, 0.25) is 38.3 Å². The van der Waals surface area contributed by atoms with E-state index in [0.29, 0.717) is 59.3 Å². The molecule has 0 aliphatic rings. The first-order valence-electron chi connectivity index (χ1n) is 23.8. The summed E-state index contributed by atoms with van der Waals surface area (Å²) in [6.45, 7) is 40.4. The van der Waals surface area contributed by atoms with Crippen molar-refractivity contribution < 1.29 is 27.5 Å². The Labute approximate surface area is 383 Å². The van der Waals surface area contributed by atoms with Gasteiger partial charge >= 0.3 is 0 Å². The summed E-state index contributed by atoms with van der Waals surface area (Å²) in [5, 5.41) is 2.42. The summed E-state index contributed by atoms with van der Waals surface area (Å²) in [4.78, 5) is 13.0. The van der Waals surface area contributed by atoms with Crippen molar-refractivity contribution in [2.45, 2.75) is 200 Å². The fourth-order valence-corrected chi connectivity index (χ4v) is 26.8. The van der Waals surface area contributed by atoms with Crippen LogP contribution in [0.4, 0.5) is 0 Å². The van der Waals surface area contributed by atoms with Crippen molar-refractivity contribution in [1.29, 1.82) is 0 Å². The monoisotopic (exact) mass is 905 g/mol. The summed E-state index contributed by atoms with van der Waals surface area (Å²) in [7, 11) is -5.92. The molecule has 0 amide bonds. The molecule has 0 saturated carbocycles. The summed E-state index contributed by atoms with van der Waals surface area (Å²) >= 11 is 0. The molecule has 0 bridgehead atoms. The number of ether oxygens (including phenoxy) is 2. The molecule has 0 saturated heterocycles. The van der Waals surface area contributed by atoms with Crippen molar-refractivity contribution in [1.82, 2.24) is 0 Å². The van der Waals surface area contributed by atoms with Crippen molar-refractivity contribution in [3.63, 3.8) is 0 Å². The Balaban J connectivity index is 2.23. The van der Waals surface area contributed by atoms with Crippen LogP contribution in [0.25, 0.3) is 0 Å². The lowest BCUT2D eigenvalue weighted by Gasteiger charge is -2.48. The van der Waals surface area contributed by atoms with E-state index in [0.717, 1.165) is 24.0 Å². The van der Waals surface area contributed by atoms with Crippen LogP contribution in [0.3, 0.4) is 0 Å². The summed E-state index contributed by atoms with van der Waals surface area (Å²) in [5.74, 6) is 0.804. The molecule has 0 aromatic heterocycles. The minimum Gasteiger partial charge on any atom is -0.497 e. The second kappa shape index (κ2) is 23.2. The molecular weight excluding hydrogens is 817 g/mol. The normalized spacial score (nSPS) is 15.0. The van der Waals surface area contributed by atoms with Gasteiger partial charge in [-0.1, -0.05) is 190 Å². The summed E-state index contributed by atoms with van der Waals surface area (Å²) < 4.78 is 35.7. The molecule has 0 aliphatic heterocycles. The van der Waals surface area contributed by atoms with E-state index in [2.05, 4.69) is 165 Å². The molecule has 6 nitrogen and oxygen atoms in total. The molecule has 3 aromatic rings. The van der Waals surface area contributed by atoms with Crippen LogP contribution >= 0.6 is 0 Å². The van der Waals surface area contributed by atoms with Crippen LogP contribution in [0.5, 0.6) is 5.75 Å². The third-order valence-electron chi connectivity index (χ3n) is 14.1. The molecule has 0 aliphatic carbocycles. The maximum absolute atomic E-state index is 13.0. The Kier molecular flexibility index (Phi) is 20.2. The van der Waals surface area contributed by atoms with E-state index in [1.165, 1.54) is 10.4 Å². The van der Waals surface area contributed by atoms with E-state index < -0.39 is 30.4 Å². The van der Waals surface area contributed by atoms with E-state index >= 15 is 0 Å². The highest BCUT2D eigenvalue weighted by molar-refractivity contribution is 6.99. The summed E-state index contributed by atoms with van der Waals surface area (Å²) in [6.07, 6.45) is 2.37. The molecule has 0 radical (unpaired) electrons. The lowest BCUT2D eigenvalue weighted by atomic mass is 9.84. The van der Waals surface area contributed by atoms with Crippen LogP contribution in [0.15, 0.2) is 84.9 Å².